The Kier molecular flexibility index (Phi) is 5.33. The number of rotatable bonds is 6. The standard InChI is InChI=1S/C14H13BrFNO3S/c15-13-7-6-12(10-14(13)16)21(18,19)17-8-9-20-11-4-2-1-3-5-11/h1-7,10,17H,8-9H2. The van der Waals surface area contributed by atoms with Crippen molar-refractivity contribution in [3.63, 3.8) is 0 Å². The third-order valence-corrected chi connectivity index (χ3v) is 4.71. The maximum atomic E-state index is 13.4. The second-order valence-corrected chi connectivity index (χ2v) is 6.76. The van der Waals surface area contributed by atoms with E-state index in [4.69, 9.17) is 4.74 Å². The van der Waals surface area contributed by atoms with E-state index in [2.05, 4.69) is 20.7 Å². The Balaban J connectivity index is 1.91. The zero-order chi connectivity index (χ0) is 15.3. The smallest absolute Gasteiger partial charge is 0.240 e. The van der Waals surface area contributed by atoms with E-state index >= 15 is 0 Å². The van der Waals surface area contributed by atoms with Gasteiger partial charge in [-0.05, 0) is 46.3 Å². The van der Waals surface area contributed by atoms with Crippen molar-refractivity contribution in [1.29, 1.82) is 0 Å². The van der Waals surface area contributed by atoms with Crippen LogP contribution in [0.15, 0.2) is 57.9 Å². The maximum absolute atomic E-state index is 13.4. The number of para-hydroxylation sites is 1. The van der Waals surface area contributed by atoms with Crippen molar-refractivity contribution in [3.8, 4) is 5.75 Å². The minimum atomic E-state index is -3.74. The van der Waals surface area contributed by atoms with E-state index in [1.54, 1.807) is 12.1 Å². The van der Waals surface area contributed by atoms with Gasteiger partial charge in [-0.15, -0.1) is 0 Å². The molecule has 0 unspecified atom stereocenters. The van der Waals surface area contributed by atoms with Crippen LogP contribution in [0, 0.1) is 5.82 Å². The van der Waals surface area contributed by atoms with E-state index in [0.29, 0.717) is 5.75 Å². The molecule has 2 aromatic rings. The van der Waals surface area contributed by atoms with Crippen LogP contribution in [0.5, 0.6) is 5.75 Å². The molecule has 0 atom stereocenters. The molecule has 112 valence electrons. The predicted molar refractivity (Wildman–Crippen MR) is 81.2 cm³/mol. The molecule has 2 aromatic carbocycles. The number of benzene rings is 2. The van der Waals surface area contributed by atoms with E-state index in [1.807, 2.05) is 18.2 Å². The Morgan fingerprint density at radius 2 is 1.86 bits per heavy atom. The van der Waals surface area contributed by atoms with Gasteiger partial charge in [-0.1, -0.05) is 18.2 Å². The summed E-state index contributed by atoms with van der Waals surface area (Å²) in [5, 5.41) is 0. The van der Waals surface area contributed by atoms with Gasteiger partial charge in [0.25, 0.3) is 0 Å². The highest BCUT2D eigenvalue weighted by atomic mass is 79.9. The molecule has 0 aliphatic carbocycles. The molecule has 7 heteroatoms. The Labute approximate surface area is 131 Å². The van der Waals surface area contributed by atoms with E-state index in [0.717, 1.165) is 6.07 Å². The molecule has 0 radical (unpaired) electrons. The number of sulfonamides is 1. The van der Waals surface area contributed by atoms with E-state index in [1.165, 1.54) is 12.1 Å². The summed E-state index contributed by atoms with van der Waals surface area (Å²) >= 11 is 2.98. The van der Waals surface area contributed by atoms with Gasteiger partial charge in [-0.25, -0.2) is 17.5 Å². The van der Waals surface area contributed by atoms with Crippen molar-refractivity contribution in [1.82, 2.24) is 4.72 Å². The Hall–Kier alpha value is -1.44. The van der Waals surface area contributed by atoms with Crippen molar-refractivity contribution in [3.05, 3.63) is 58.8 Å². The Morgan fingerprint density at radius 3 is 2.52 bits per heavy atom. The van der Waals surface area contributed by atoms with Gasteiger partial charge in [-0.3, -0.25) is 0 Å². The van der Waals surface area contributed by atoms with Crippen LogP contribution in [0.25, 0.3) is 0 Å². The molecule has 2 rings (SSSR count). The summed E-state index contributed by atoms with van der Waals surface area (Å²) in [4.78, 5) is -0.122. The van der Waals surface area contributed by atoms with Gasteiger partial charge in [0.15, 0.2) is 0 Å². The van der Waals surface area contributed by atoms with Gasteiger partial charge < -0.3 is 4.74 Å². The summed E-state index contributed by atoms with van der Waals surface area (Å²) in [6, 6.07) is 12.7. The highest BCUT2D eigenvalue weighted by Gasteiger charge is 2.15. The quantitative estimate of drug-likeness (QED) is 0.792. The lowest BCUT2D eigenvalue weighted by atomic mass is 10.3. The normalized spacial score (nSPS) is 11.3. The number of hydrogen-bond donors (Lipinski definition) is 1. The minimum Gasteiger partial charge on any atom is -0.492 e. The summed E-state index contributed by atoms with van der Waals surface area (Å²) in [6.07, 6.45) is 0. The number of hydrogen-bond acceptors (Lipinski definition) is 3. The fourth-order valence-corrected chi connectivity index (χ4v) is 2.86. The van der Waals surface area contributed by atoms with Crippen LogP contribution in [0.2, 0.25) is 0 Å². The van der Waals surface area contributed by atoms with Crippen LogP contribution in [0.4, 0.5) is 4.39 Å². The first-order chi connectivity index (χ1) is 9.99. The minimum absolute atomic E-state index is 0.0922. The van der Waals surface area contributed by atoms with Crippen molar-refractivity contribution in [2.45, 2.75) is 4.90 Å². The molecule has 4 nitrogen and oxygen atoms in total. The van der Waals surface area contributed by atoms with Crippen LogP contribution < -0.4 is 9.46 Å². The van der Waals surface area contributed by atoms with Gasteiger partial charge >= 0.3 is 0 Å². The summed E-state index contributed by atoms with van der Waals surface area (Å²) in [7, 11) is -3.74. The monoisotopic (exact) mass is 373 g/mol. The third-order valence-electron chi connectivity index (χ3n) is 2.61. The topological polar surface area (TPSA) is 55.4 Å². The lowest BCUT2D eigenvalue weighted by molar-refractivity contribution is 0.323. The zero-order valence-corrected chi connectivity index (χ0v) is 13.3. The largest absolute Gasteiger partial charge is 0.492 e. The Morgan fingerprint density at radius 1 is 1.14 bits per heavy atom. The van der Waals surface area contributed by atoms with Crippen molar-refractivity contribution >= 4 is 26.0 Å². The van der Waals surface area contributed by atoms with Crippen molar-refractivity contribution in [2.24, 2.45) is 0 Å². The Bertz CT molecular complexity index is 707. The van der Waals surface area contributed by atoms with E-state index < -0.39 is 15.8 Å². The van der Waals surface area contributed by atoms with Crippen molar-refractivity contribution in [2.75, 3.05) is 13.2 Å². The molecule has 21 heavy (non-hydrogen) atoms. The lowest BCUT2D eigenvalue weighted by Crippen LogP contribution is -2.28. The van der Waals surface area contributed by atoms with Crippen LogP contribution in [0.3, 0.4) is 0 Å². The predicted octanol–water partition coefficient (Wildman–Crippen LogP) is 2.95. The molecular formula is C14H13BrFNO3S. The van der Waals surface area contributed by atoms with Crippen LogP contribution in [-0.4, -0.2) is 21.6 Å². The second-order valence-electron chi connectivity index (χ2n) is 4.14. The van der Waals surface area contributed by atoms with Crippen molar-refractivity contribution < 1.29 is 17.5 Å². The third kappa shape index (κ3) is 4.52. The fourth-order valence-electron chi connectivity index (χ4n) is 1.59. The molecule has 0 heterocycles. The fraction of sp³-hybridized carbons (Fsp3) is 0.143. The molecular weight excluding hydrogens is 361 g/mol. The maximum Gasteiger partial charge on any atom is 0.240 e. The van der Waals surface area contributed by atoms with Gasteiger partial charge in [0.05, 0.1) is 9.37 Å². The number of ether oxygens (including phenoxy) is 1. The van der Waals surface area contributed by atoms with E-state index in [9.17, 15) is 12.8 Å². The molecule has 0 saturated heterocycles. The first kappa shape index (κ1) is 15.9. The summed E-state index contributed by atoms with van der Waals surface area (Å²) in [5.41, 5.74) is 0. The summed E-state index contributed by atoms with van der Waals surface area (Å²) in [6.45, 7) is 0.275. The van der Waals surface area contributed by atoms with Gasteiger partial charge in [0, 0.05) is 6.54 Å². The molecule has 1 N–H and O–H groups in total. The number of nitrogens with one attached hydrogen (secondary N) is 1. The van der Waals surface area contributed by atoms with Crippen LogP contribution in [0.1, 0.15) is 0 Å². The van der Waals surface area contributed by atoms with Crippen LogP contribution >= 0.6 is 15.9 Å². The molecule has 0 aliphatic rings. The molecule has 0 bridgehead atoms. The molecule has 0 aliphatic heterocycles. The van der Waals surface area contributed by atoms with Gasteiger partial charge in [-0.2, -0.15) is 0 Å². The summed E-state index contributed by atoms with van der Waals surface area (Å²) in [5.74, 6) is 0.0322. The first-order valence-corrected chi connectivity index (χ1v) is 8.39. The highest BCUT2D eigenvalue weighted by molar-refractivity contribution is 9.10. The average molecular weight is 374 g/mol. The molecule has 0 amide bonds. The SMILES string of the molecule is O=S(=O)(NCCOc1ccccc1)c1ccc(Br)c(F)c1. The van der Waals surface area contributed by atoms with Gasteiger partial charge in [0.1, 0.15) is 18.2 Å². The molecule has 0 aromatic heterocycles. The highest BCUT2D eigenvalue weighted by Crippen LogP contribution is 2.19. The molecule has 0 saturated carbocycles. The lowest BCUT2D eigenvalue weighted by Gasteiger charge is -2.09. The molecule has 0 spiro atoms. The van der Waals surface area contributed by atoms with Gasteiger partial charge in [0.2, 0.25) is 10.0 Å². The zero-order valence-electron chi connectivity index (χ0n) is 10.9. The van der Waals surface area contributed by atoms with E-state index in [-0.39, 0.29) is 22.5 Å². The second kappa shape index (κ2) is 7.02. The first-order valence-electron chi connectivity index (χ1n) is 6.11. The van der Waals surface area contributed by atoms with Crippen LogP contribution in [-0.2, 0) is 10.0 Å². The number of halogens is 2. The molecule has 0 fully saturated rings. The average Bonchev–Trinajstić information content (AvgIpc) is 2.47. The summed E-state index contributed by atoms with van der Waals surface area (Å²) < 4.78 is 45.2.